The standard InChI is InChI=1S/C10H11NO4/c1-15-10(14)7-3-5-11-4-2-6(8(7)11)9(12)13/h2,4,7H,3,5H2,1H3,(H,12,13)/t7-/m1/s1. The van der Waals surface area contributed by atoms with Crippen LogP contribution in [-0.4, -0.2) is 28.7 Å². The molecule has 0 unspecified atom stereocenters. The summed E-state index contributed by atoms with van der Waals surface area (Å²) in [5.41, 5.74) is 0.761. The number of carboxylic acid groups (broad SMARTS) is 1. The highest BCUT2D eigenvalue weighted by Crippen LogP contribution is 2.32. The molecule has 0 spiro atoms. The van der Waals surface area contributed by atoms with Gasteiger partial charge < -0.3 is 14.4 Å². The Kier molecular flexibility index (Phi) is 2.22. The highest BCUT2D eigenvalue weighted by molar-refractivity contribution is 5.92. The number of fused-ring (bicyclic) bond motifs is 1. The van der Waals surface area contributed by atoms with Crippen molar-refractivity contribution < 1.29 is 19.4 Å². The third-order valence-electron chi connectivity index (χ3n) is 2.71. The van der Waals surface area contributed by atoms with Crippen LogP contribution in [0.2, 0.25) is 0 Å². The minimum Gasteiger partial charge on any atom is -0.478 e. The summed E-state index contributed by atoms with van der Waals surface area (Å²) in [7, 11) is 1.31. The first-order chi connectivity index (χ1) is 7.15. The quantitative estimate of drug-likeness (QED) is 0.733. The maximum absolute atomic E-state index is 11.4. The lowest BCUT2D eigenvalue weighted by molar-refractivity contribution is -0.142. The van der Waals surface area contributed by atoms with E-state index < -0.39 is 11.9 Å². The van der Waals surface area contributed by atoms with Crippen LogP contribution in [-0.2, 0) is 16.1 Å². The van der Waals surface area contributed by atoms with Gasteiger partial charge in [0, 0.05) is 18.4 Å². The summed E-state index contributed by atoms with van der Waals surface area (Å²) in [6.07, 6.45) is 2.31. The number of ether oxygens (including phenoxy) is 1. The largest absolute Gasteiger partial charge is 0.478 e. The molecule has 0 aliphatic carbocycles. The number of methoxy groups -OCH3 is 1. The van der Waals surface area contributed by atoms with Crippen molar-refractivity contribution in [1.29, 1.82) is 0 Å². The zero-order chi connectivity index (χ0) is 11.0. The number of rotatable bonds is 2. The highest BCUT2D eigenvalue weighted by atomic mass is 16.5. The van der Waals surface area contributed by atoms with Crippen molar-refractivity contribution >= 4 is 11.9 Å². The number of aryl methyl sites for hydroxylation is 1. The maximum atomic E-state index is 11.4. The molecule has 5 nitrogen and oxygen atoms in total. The third-order valence-corrected chi connectivity index (χ3v) is 2.71. The van der Waals surface area contributed by atoms with E-state index in [1.54, 1.807) is 10.8 Å². The fourth-order valence-electron chi connectivity index (χ4n) is 2.03. The number of esters is 1. The first-order valence-corrected chi connectivity index (χ1v) is 4.65. The molecule has 1 aromatic rings. The molecule has 0 radical (unpaired) electrons. The number of carbonyl (C=O) groups is 2. The van der Waals surface area contributed by atoms with Gasteiger partial charge in [-0.2, -0.15) is 0 Å². The van der Waals surface area contributed by atoms with Gasteiger partial charge in [-0.05, 0) is 12.5 Å². The van der Waals surface area contributed by atoms with Crippen LogP contribution in [0.3, 0.4) is 0 Å². The van der Waals surface area contributed by atoms with Gasteiger partial charge in [0.2, 0.25) is 0 Å². The molecule has 0 saturated heterocycles. The molecule has 0 bridgehead atoms. The molecule has 1 N–H and O–H groups in total. The smallest absolute Gasteiger partial charge is 0.337 e. The van der Waals surface area contributed by atoms with E-state index in [2.05, 4.69) is 4.74 Å². The summed E-state index contributed by atoms with van der Waals surface area (Å²) in [4.78, 5) is 22.3. The Morgan fingerprint density at radius 2 is 2.33 bits per heavy atom. The van der Waals surface area contributed by atoms with E-state index >= 15 is 0 Å². The van der Waals surface area contributed by atoms with Gasteiger partial charge in [0.05, 0.1) is 18.6 Å². The summed E-state index contributed by atoms with van der Waals surface area (Å²) in [6.45, 7) is 0.669. The predicted octanol–water partition coefficient (Wildman–Crippen LogP) is 0.847. The van der Waals surface area contributed by atoms with Crippen molar-refractivity contribution in [1.82, 2.24) is 4.57 Å². The predicted molar refractivity (Wildman–Crippen MR) is 50.8 cm³/mol. The lowest BCUT2D eigenvalue weighted by atomic mass is 10.0. The first kappa shape index (κ1) is 9.76. The fraction of sp³-hybridized carbons (Fsp3) is 0.400. The lowest BCUT2D eigenvalue weighted by Gasteiger charge is -2.07. The van der Waals surface area contributed by atoms with Crippen molar-refractivity contribution in [2.75, 3.05) is 7.11 Å². The van der Waals surface area contributed by atoms with Crippen LogP contribution in [0.1, 0.15) is 28.4 Å². The van der Waals surface area contributed by atoms with Crippen LogP contribution in [0.15, 0.2) is 12.3 Å². The van der Waals surface area contributed by atoms with E-state index in [-0.39, 0.29) is 11.5 Å². The zero-order valence-corrected chi connectivity index (χ0v) is 8.27. The molecule has 5 heteroatoms. The van der Waals surface area contributed by atoms with Gasteiger partial charge >= 0.3 is 11.9 Å². The van der Waals surface area contributed by atoms with E-state index in [0.29, 0.717) is 18.7 Å². The Balaban J connectivity index is 2.43. The molecular weight excluding hydrogens is 198 g/mol. The van der Waals surface area contributed by atoms with Gasteiger partial charge in [-0.3, -0.25) is 4.79 Å². The molecule has 0 aromatic carbocycles. The van der Waals surface area contributed by atoms with Crippen molar-refractivity contribution in [2.24, 2.45) is 0 Å². The zero-order valence-electron chi connectivity index (χ0n) is 8.27. The highest BCUT2D eigenvalue weighted by Gasteiger charge is 2.33. The number of hydrogen-bond acceptors (Lipinski definition) is 3. The van der Waals surface area contributed by atoms with Gasteiger partial charge in [-0.25, -0.2) is 4.79 Å². The molecule has 1 aliphatic rings. The molecule has 2 rings (SSSR count). The van der Waals surface area contributed by atoms with E-state index in [1.165, 1.54) is 13.2 Å². The Hall–Kier alpha value is -1.78. The van der Waals surface area contributed by atoms with Crippen LogP contribution in [0.4, 0.5) is 0 Å². The minimum absolute atomic E-state index is 0.197. The molecule has 15 heavy (non-hydrogen) atoms. The normalized spacial score (nSPS) is 18.6. The number of carbonyl (C=O) groups excluding carboxylic acids is 1. The Bertz CT molecular complexity index is 421. The van der Waals surface area contributed by atoms with E-state index in [0.717, 1.165) is 0 Å². The first-order valence-electron chi connectivity index (χ1n) is 4.65. The van der Waals surface area contributed by atoms with Crippen molar-refractivity contribution in [2.45, 2.75) is 18.9 Å². The van der Waals surface area contributed by atoms with Crippen LogP contribution < -0.4 is 0 Å². The van der Waals surface area contributed by atoms with Gasteiger partial charge in [0.25, 0.3) is 0 Å². The fourth-order valence-corrected chi connectivity index (χ4v) is 2.03. The summed E-state index contributed by atoms with van der Waals surface area (Å²) < 4.78 is 6.45. The van der Waals surface area contributed by atoms with Gasteiger partial charge in [-0.1, -0.05) is 0 Å². The average Bonchev–Trinajstić information content (AvgIpc) is 2.75. The molecule has 2 heterocycles. The van der Waals surface area contributed by atoms with Crippen molar-refractivity contribution in [3.63, 3.8) is 0 Å². The second kappa shape index (κ2) is 3.42. The second-order valence-electron chi connectivity index (χ2n) is 3.48. The van der Waals surface area contributed by atoms with E-state index in [1.807, 2.05) is 0 Å². The maximum Gasteiger partial charge on any atom is 0.337 e. The van der Waals surface area contributed by atoms with E-state index in [9.17, 15) is 9.59 Å². The summed E-state index contributed by atoms with van der Waals surface area (Å²) in [5, 5.41) is 8.94. The molecule has 80 valence electrons. The number of aromatic nitrogens is 1. The topological polar surface area (TPSA) is 68.5 Å². The molecular formula is C10H11NO4. The summed E-state index contributed by atoms with van der Waals surface area (Å²) >= 11 is 0. The third kappa shape index (κ3) is 1.40. The van der Waals surface area contributed by atoms with Gasteiger partial charge in [0.1, 0.15) is 0 Å². The second-order valence-corrected chi connectivity index (χ2v) is 3.48. The molecule has 0 saturated carbocycles. The number of carboxylic acids is 1. The van der Waals surface area contributed by atoms with Crippen LogP contribution in [0.5, 0.6) is 0 Å². The Labute approximate surface area is 86.3 Å². The lowest BCUT2D eigenvalue weighted by Crippen LogP contribution is -2.14. The van der Waals surface area contributed by atoms with Crippen LogP contribution in [0, 0.1) is 0 Å². The minimum atomic E-state index is -1.00. The molecule has 1 aromatic heterocycles. The van der Waals surface area contributed by atoms with Crippen LogP contribution >= 0.6 is 0 Å². The molecule has 0 amide bonds. The number of aromatic carboxylic acids is 1. The number of hydrogen-bond donors (Lipinski definition) is 1. The summed E-state index contributed by atoms with van der Waals surface area (Å²) in [5.74, 6) is -1.80. The van der Waals surface area contributed by atoms with Gasteiger partial charge in [-0.15, -0.1) is 0 Å². The monoisotopic (exact) mass is 209 g/mol. The molecule has 1 aliphatic heterocycles. The molecule has 0 fully saturated rings. The average molecular weight is 209 g/mol. The van der Waals surface area contributed by atoms with Crippen molar-refractivity contribution in [3.8, 4) is 0 Å². The number of nitrogens with zero attached hydrogens (tertiary/aromatic N) is 1. The Morgan fingerprint density at radius 3 is 2.93 bits per heavy atom. The van der Waals surface area contributed by atoms with Crippen LogP contribution in [0.25, 0.3) is 0 Å². The van der Waals surface area contributed by atoms with Gasteiger partial charge in [0.15, 0.2) is 0 Å². The summed E-state index contributed by atoms with van der Waals surface area (Å²) in [6, 6.07) is 1.52. The molecule has 1 atom stereocenters. The van der Waals surface area contributed by atoms with E-state index in [4.69, 9.17) is 5.11 Å². The van der Waals surface area contributed by atoms with Crippen molar-refractivity contribution in [3.05, 3.63) is 23.5 Å². The SMILES string of the molecule is COC(=O)[C@@H]1CCn2ccc(C(=O)O)c21. The Morgan fingerprint density at radius 1 is 1.60 bits per heavy atom.